The molecular formula is C18H32ClNO4S. The summed E-state index contributed by atoms with van der Waals surface area (Å²) < 4.78 is 25.9. The van der Waals surface area contributed by atoms with E-state index in [9.17, 15) is 8.42 Å². The van der Waals surface area contributed by atoms with Crippen LogP contribution in [0.1, 0.15) is 45.1 Å². The molecule has 25 heavy (non-hydrogen) atoms. The summed E-state index contributed by atoms with van der Waals surface area (Å²) in [5.74, 6) is 0.733. The quantitative estimate of drug-likeness (QED) is 0.776. The molecule has 0 heterocycles. The van der Waals surface area contributed by atoms with Crippen molar-refractivity contribution in [3.63, 3.8) is 0 Å². The van der Waals surface area contributed by atoms with Crippen LogP contribution in [0.25, 0.3) is 0 Å². The largest absolute Gasteiger partial charge is 0.412 e. The van der Waals surface area contributed by atoms with E-state index in [2.05, 4.69) is 45.0 Å². The lowest BCUT2D eigenvalue weighted by atomic mass is 9.58. The number of likely N-dealkylation sites (N-methyl/N-ethyl adjacent to an activating group) is 1. The summed E-state index contributed by atoms with van der Waals surface area (Å²) in [6.45, 7) is 4.65. The molecule has 1 saturated carbocycles. The first-order valence-electron chi connectivity index (χ1n) is 8.30. The van der Waals surface area contributed by atoms with Crippen molar-refractivity contribution in [3.8, 4) is 0 Å². The maximum Gasteiger partial charge on any atom is 0.261 e. The average molecular weight is 394 g/mol. The third-order valence-electron chi connectivity index (χ3n) is 4.62. The van der Waals surface area contributed by atoms with Gasteiger partial charge in [-0.25, -0.2) is 0 Å². The molecular weight excluding hydrogens is 362 g/mol. The van der Waals surface area contributed by atoms with Crippen molar-refractivity contribution in [1.29, 1.82) is 0 Å². The van der Waals surface area contributed by atoms with Gasteiger partial charge in [-0.2, -0.15) is 8.42 Å². The summed E-state index contributed by atoms with van der Waals surface area (Å²) >= 11 is 6.04. The van der Waals surface area contributed by atoms with Crippen molar-refractivity contribution in [3.05, 3.63) is 34.9 Å². The predicted octanol–water partition coefficient (Wildman–Crippen LogP) is 3.42. The Hall–Kier alpha value is -0.660. The molecule has 0 aromatic heterocycles. The van der Waals surface area contributed by atoms with E-state index in [0.29, 0.717) is 17.7 Å². The molecule has 1 aliphatic rings. The first kappa shape index (κ1) is 24.3. The third kappa shape index (κ3) is 7.62. The molecule has 0 bridgehead atoms. The minimum absolute atomic E-state index is 0. The summed E-state index contributed by atoms with van der Waals surface area (Å²) in [6, 6.07) is 9.18. The van der Waals surface area contributed by atoms with E-state index < -0.39 is 10.1 Å². The SMILES string of the molecule is CC(C)CC(N(C)C)C1(c2ccc(Cl)cc2)CCC1.CS(=O)(=O)O.O. The van der Waals surface area contributed by atoms with Crippen molar-refractivity contribution in [2.24, 2.45) is 5.92 Å². The Morgan fingerprint density at radius 3 is 1.92 bits per heavy atom. The Morgan fingerprint density at radius 1 is 1.20 bits per heavy atom. The number of hydrogen-bond acceptors (Lipinski definition) is 3. The van der Waals surface area contributed by atoms with Gasteiger partial charge in [-0.05, 0) is 57.0 Å². The molecule has 0 aliphatic heterocycles. The zero-order chi connectivity index (χ0) is 18.5. The van der Waals surface area contributed by atoms with Crippen LogP contribution in [0, 0.1) is 5.92 Å². The van der Waals surface area contributed by atoms with E-state index in [4.69, 9.17) is 16.2 Å². The first-order chi connectivity index (χ1) is 11.0. The molecule has 0 spiro atoms. The fraction of sp³-hybridized carbons (Fsp3) is 0.667. The van der Waals surface area contributed by atoms with E-state index in [-0.39, 0.29) is 5.48 Å². The van der Waals surface area contributed by atoms with Gasteiger partial charge in [-0.15, -0.1) is 0 Å². The van der Waals surface area contributed by atoms with Crippen molar-refractivity contribution in [2.75, 3.05) is 20.4 Å². The Morgan fingerprint density at radius 2 is 1.64 bits per heavy atom. The monoisotopic (exact) mass is 393 g/mol. The zero-order valence-corrected chi connectivity index (χ0v) is 17.4. The molecule has 2 rings (SSSR count). The van der Waals surface area contributed by atoms with Crippen molar-refractivity contribution in [2.45, 2.75) is 51.0 Å². The first-order valence-corrected chi connectivity index (χ1v) is 10.5. The molecule has 1 fully saturated rings. The van der Waals surface area contributed by atoms with Crippen LogP contribution in [-0.4, -0.2) is 49.7 Å². The Labute approximate surface area is 157 Å². The molecule has 1 aromatic carbocycles. The minimum Gasteiger partial charge on any atom is -0.412 e. The molecule has 0 saturated heterocycles. The van der Waals surface area contributed by atoms with Crippen molar-refractivity contribution >= 4 is 21.7 Å². The van der Waals surface area contributed by atoms with Crippen LogP contribution in [0.4, 0.5) is 0 Å². The molecule has 3 N–H and O–H groups in total. The topological polar surface area (TPSA) is 89.1 Å². The minimum atomic E-state index is -3.67. The van der Waals surface area contributed by atoms with Crippen LogP contribution < -0.4 is 0 Å². The Kier molecular flexibility index (Phi) is 9.62. The number of nitrogens with zero attached hydrogens (tertiary/aromatic N) is 1. The molecule has 0 radical (unpaired) electrons. The summed E-state index contributed by atoms with van der Waals surface area (Å²) in [5.41, 5.74) is 1.82. The van der Waals surface area contributed by atoms with Crippen LogP contribution in [0.2, 0.25) is 5.02 Å². The summed E-state index contributed by atoms with van der Waals surface area (Å²) in [7, 11) is 0.784. The Bertz CT molecular complexity index is 602. The normalized spacial score (nSPS) is 17.2. The van der Waals surface area contributed by atoms with Gasteiger partial charge in [0.1, 0.15) is 0 Å². The van der Waals surface area contributed by atoms with Crippen LogP contribution >= 0.6 is 11.6 Å². The van der Waals surface area contributed by atoms with Crippen molar-refractivity contribution < 1.29 is 18.4 Å². The fourth-order valence-electron chi connectivity index (χ4n) is 3.53. The predicted molar refractivity (Wildman–Crippen MR) is 105 cm³/mol. The summed E-state index contributed by atoms with van der Waals surface area (Å²) in [4.78, 5) is 2.42. The van der Waals surface area contributed by atoms with E-state index in [1.54, 1.807) is 0 Å². The van der Waals surface area contributed by atoms with Gasteiger partial charge >= 0.3 is 0 Å². The average Bonchev–Trinajstić information content (AvgIpc) is 2.36. The zero-order valence-electron chi connectivity index (χ0n) is 15.8. The van der Waals surface area contributed by atoms with Crippen molar-refractivity contribution in [1.82, 2.24) is 4.90 Å². The number of halogens is 1. The summed E-state index contributed by atoms with van der Waals surface area (Å²) in [6.07, 6.45) is 5.95. The number of hydrogen-bond donors (Lipinski definition) is 1. The van der Waals surface area contributed by atoms with Crippen LogP contribution in [0.3, 0.4) is 0 Å². The van der Waals surface area contributed by atoms with Gasteiger partial charge in [0.15, 0.2) is 0 Å². The van der Waals surface area contributed by atoms with Crippen LogP contribution in [0.5, 0.6) is 0 Å². The maximum atomic E-state index is 9.19. The molecule has 1 atom stereocenters. The van der Waals surface area contributed by atoms with Gasteiger partial charge in [0, 0.05) is 16.5 Å². The second kappa shape index (κ2) is 9.88. The molecule has 1 unspecified atom stereocenters. The van der Waals surface area contributed by atoms with Crippen LogP contribution in [-0.2, 0) is 15.5 Å². The lowest BCUT2D eigenvalue weighted by Gasteiger charge is -2.51. The highest BCUT2D eigenvalue weighted by molar-refractivity contribution is 7.85. The standard InChI is InChI=1S/C17H26ClN.CH4O3S.H2O/c1-13(2)12-16(19(3)4)17(10-5-11-17)14-6-8-15(18)9-7-14;1-5(2,3)4;/h6-9,13,16H,5,10-12H2,1-4H3;1H3,(H,2,3,4);1H2. The van der Waals surface area contributed by atoms with Gasteiger partial charge < -0.3 is 10.4 Å². The second-order valence-corrected chi connectivity index (χ2v) is 9.26. The highest BCUT2D eigenvalue weighted by Gasteiger charge is 2.46. The van der Waals surface area contributed by atoms with E-state index >= 15 is 0 Å². The third-order valence-corrected chi connectivity index (χ3v) is 4.87. The highest BCUT2D eigenvalue weighted by Crippen LogP contribution is 2.49. The maximum absolute atomic E-state index is 9.19. The lowest BCUT2D eigenvalue weighted by molar-refractivity contribution is 0.0808. The molecule has 1 aliphatic carbocycles. The highest BCUT2D eigenvalue weighted by atomic mass is 35.5. The lowest BCUT2D eigenvalue weighted by Crippen LogP contribution is -2.52. The molecule has 1 aromatic rings. The number of rotatable bonds is 5. The van der Waals surface area contributed by atoms with Gasteiger partial charge in [0.2, 0.25) is 0 Å². The van der Waals surface area contributed by atoms with Crippen LogP contribution in [0.15, 0.2) is 24.3 Å². The molecule has 146 valence electrons. The molecule has 0 amide bonds. The second-order valence-electron chi connectivity index (χ2n) is 7.36. The Balaban J connectivity index is 0.000000848. The molecule has 5 nitrogen and oxygen atoms in total. The van der Waals surface area contributed by atoms with E-state index in [1.807, 2.05) is 12.1 Å². The van der Waals surface area contributed by atoms with Gasteiger partial charge in [-0.3, -0.25) is 4.55 Å². The van der Waals surface area contributed by atoms with Gasteiger partial charge in [0.25, 0.3) is 10.1 Å². The summed E-state index contributed by atoms with van der Waals surface area (Å²) in [5, 5.41) is 0.837. The van der Waals surface area contributed by atoms with E-state index in [0.717, 1.165) is 10.9 Å². The smallest absolute Gasteiger partial charge is 0.261 e. The van der Waals surface area contributed by atoms with Gasteiger partial charge in [0.05, 0.1) is 6.26 Å². The van der Waals surface area contributed by atoms with Gasteiger partial charge in [-0.1, -0.05) is 44.0 Å². The fourth-order valence-corrected chi connectivity index (χ4v) is 3.66. The van der Waals surface area contributed by atoms with E-state index in [1.165, 1.54) is 31.2 Å². The number of benzene rings is 1. The molecule has 7 heteroatoms.